The van der Waals surface area contributed by atoms with Crippen molar-refractivity contribution in [3.05, 3.63) is 35.9 Å². The first-order chi connectivity index (χ1) is 9.92. The Bertz CT molecular complexity index is 530. The van der Waals surface area contributed by atoms with Crippen LogP contribution in [0.25, 0.3) is 0 Å². The van der Waals surface area contributed by atoms with Crippen molar-refractivity contribution >= 4 is 16.3 Å². The minimum atomic E-state index is -4.13. The van der Waals surface area contributed by atoms with E-state index in [0.717, 1.165) is 19.3 Å². The zero-order valence-corrected chi connectivity index (χ0v) is 12.8. The van der Waals surface area contributed by atoms with Gasteiger partial charge in [-0.25, -0.2) is 9.32 Å². The Morgan fingerprint density at radius 3 is 2.48 bits per heavy atom. The number of carbonyl (C=O) groups excluding carboxylic acids is 1. The molecule has 1 rings (SSSR count). The van der Waals surface area contributed by atoms with E-state index < -0.39 is 16.4 Å². The average molecular weight is 315 g/mol. The molecule has 0 fully saturated rings. The molecule has 0 bridgehead atoms. The molecule has 6 nitrogen and oxygen atoms in total. The van der Waals surface area contributed by atoms with E-state index in [1.54, 1.807) is 30.3 Å². The van der Waals surface area contributed by atoms with E-state index >= 15 is 0 Å². The lowest BCUT2D eigenvalue weighted by atomic mass is 10.1. The molecule has 0 aliphatic heterocycles. The highest BCUT2D eigenvalue weighted by molar-refractivity contribution is 7.84. The molecule has 1 unspecified atom stereocenters. The third-order valence-corrected chi connectivity index (χ3v) is 3.30. The van der Waals surface area contributed by atoms with Crippen LogP contribution < -0.4 is 5.14 Å². The summed E-state index contributed by atoms with van der Waals surface area (Å²) in [6, 6.07) is 8.62. The predicted octanol–water partition coefficient (Wildman–Crippen LogP) is 2.07. The molecule has 1 aromatic rings. The first kappa shape index (κ1) is 17.6. The first-order valence-electron chi connectivity index (χ1n) is 6.84. The van der Waals surface area contributed by atoms with Crippen molar-refractivity contribution in [2.24, 2.45) is 5.14 Å². The van der Waals surface area contributed by atoms with Crippen molar-refractivity contribution in [2.45, 2.75) is 38.7 Å². The molecule has 0 heterocycles. The van der Waals surface area contributed by atoms with Crippen molar-refractivity contribution in [1.29, 1.82) is 0 Å². The van der Waals surface area contributed by atoms with Crippen LogP contribution >= 0.6 is 0 Å². The number of rotatable bonds is 9. The van der Waals surface area contributed by atoms with Gasteiger partial charge in [0.25, 0.3) is 0 Å². The van der Waals surface area contributed by atoms with Gasteiger partial charge in [-0.15, -0.1) is 0 Å². The molecule has 118 valence electrons. The number of esters is 1. The van der Waals surface area contributed by atoms with Crippen LogP contribution in [-0.2, 0) is 24.0 Å². The van der Waals surface area contributed by atoms with E-state index in [9.17, 15) is 13.2 Å². The van der Waals surface area contributed by atoms with E-state index in [-0.39, 0.29) is 12.6 Å². The smallest absolute Gasteiger partial charge is 0.333 e. The van der Waals surface area contributed by atoms with E-state index in [4.69, 9.17) is 14.1 Å². The SMILES string of the molecule is CCCCCC(=O)OCC(OS(N)(=O)=O)c1ccccc1. The monoisotopic (exact) mass is 315 g/mol. The molecule has 21 heavy (non-hydrogen) atoms. The van der Waals surface area contributed by atoms with E-state index in [0.29, 0.717) is 12.0 Å². The minimum absolute atomic E-state index is 0.189. The molecule has 0 aliphatic rings. The number of hydrogen-bond acceptors (Lipinski definition) is 5. The molecule has 0 amide bonds. The zero-order chi connectivity index (χ0) is 15.7. The highest BCUT2D eigenvalue weighted by atomic mass is 32.2. The lowest BCUT2D eigenvalue weighted by Gasteiger charge is -2.16. The number of unbranched alkanes of at least 4 members (excludes halogenated alkanes) is 2. The molecule has 0 aromatic heterocycles. The number of nitrogens with two attached hydrogens (primary N) is 1. The van der Waals surface area contributed by atoms with Gasteiger partial charge >= 0.3 is 16.3 Å². The quantitative estimate of drug-likeness (QED) is 0.556. The Balaban J connectivity index is 2.60. The summed E-state index contributed by atoms with van der Waals surface area (Å²) in [5, 5.41) is 4.89. The lowest BCUT2D eigenvalue weighted by Crippen LogP contribution is -2.23. The van der Waals surface area contributed by atoms with Crippen molar-refractivity contribution in [3.63, 3.8) is 0 Å². The second-order valence-corrected chi connectivity index (χ2v) is 5.81. The summed E-state index contributed by atoms with van der Waals surface area (Å²) in [4.78, 5) is 11.6. The summed E-state index contributed by atoms with van der Waals surface area (Å²) in [7, 11) is -4.13. The molecule has 2 N–H and O–H groups in total. The Morgan fingerprint density at radius 2 is 1.90 bits per heavy atom. The normalized spacial score (nSPS) is 12.9. The van der Waals surface area contributed by atoms with Gasteiger partial charge in [-0.1, -0.05) is 50.1 Å². The Labute approximate surface area is 125 Å². The molecular weight excluding hydrogens is 294 g/mol. The fraction of sp³-hybridized carbons (Fsp3) is 0.500. The Morgan fingerprint density at radius 1 is 1.24 bits per heavy atom. The fourth-order valence-corrected chi connectivity index (χ4v) is 2.26. The second-order valence-electron chi connectivity index (χ2n) is 4.63. The van der Waals surface area contributed by atoms with Gasteiger partial charge in [0, 0.05) is 6.42 Å². The summed E-state index contributed by atoms with van der Waals surface area (Å²) in [5.41, 5.74) is 0.577. The van der Waals surface area contributed by atoms with Gasteiger partial charge in [-0.3, -0.25) is 4.79 Å². The molecule has 0 spiro atoms. The van der Waals surface area contributed by atoms with Crippen LogP contribution in [0.5, 0.6) is 0 Å². The third-order valence-electron chi connectivity index (χ3n) is 2.80. The van der Waals surface area contributed by atoms with Crippen LogP contribution in [0.15, 0.2) is 30.3 Å². The number of carbonyl (C=O) groups is 1. The molecule has 0 radical (unpaired) electrons. The Hall–Kier alpha value is -1.44. The van der Waals surface area contributed by atoms with Crippen LogP contribution in [0.1, 0.15) is 44.3 Å². The topological polar surface area (TPSA) is 95.7 Å². The standard InChI is InChI=1S/C14H21NO5S/c1-2-3-5-10-14(16)19-11-13(20-21(15,17)18)12-8-6-4-7-9-12/h4,6-9,13H,2-3,5,10-11H2,1H3,(H2,15,17,18). The van der Waals surface area contributed by atoms with Gasteiger partial charge in [0.2, 0.25) is 0 Å². The van der Waals surface area contributed by atoms with Crippen molar-refractivity contribution in [2.75, 3.05) is 6.61 Å². The maximum Gasteiger partial charge on any atom is 0.333 e. The molecule has 0 saturated carbocycles. The Kier molecular flexibility index (Phi) is 7.35. The average Bonchev–Trinajstić information content (AvgIpc) is 2.43. The molecule has 0 aliphatic carbocycles. The van der Waals surface area contributed by atoms with Crippen LogP contribution in [0, 0.1) is 0 Å². The lowest BCUT2D eigenvalue weighted by molar-refractivity contribution is -0.146. The molecule has 0 saturated heterocycles. The van der Waals surface area contributed by atoms with Gasteiger partial charge in [-0.05, 0) is 12.0 Å². The van der Waals surface area contributed by atoms with Crippen LogP contribution in [0.4, 0.5) is 0 Å². The number of benzene rings is 1. The van der Waals surface area contributed by atoms with Crippen LogP contribution in [-0.4, -0.2) is 21.0 Å². The maximum absolute atomic E-state index is 11.6. The second kappa shape index (κ2) is 8.76. The van der Waals surface area contributed by atoms with Crippen molar-refractivity contribution in [3.8, 4) is 0 Å². The number of hydrogen-bond donors (Lipinski definition) is 1. The van der Waals surface area contributed by atoms with E-state index in [2.05, 4.69) is 0 Å². The molecular formula is C14H21NO5S. The molecule has 1 aromatic carbocycles. The summed E-state index contributed by atoms with van der Waals surface area (Å²) in [6.07, 6.45) is 2.09. The number of ether oxygens (including phenoxy) is 1. The highest BCUT2D eigenvalue weighted by Crippen LogP contribution is 2.19. The predicted molar refractivity (Wildman–Crippen MR) is 78.5 cm³/mol. The zero-order valence-electron chi connectivity index (χ0n) is 12.0. The third kappa shape index (κ3) is 7.79. The van der Waals surface area contributed by atoms with Crippen molar-refractivity contribution in [1.82, 2.24) is 0 Å². The largest absolute Gasteiger partial charge is 0.462 e. The summed E-state index contributed by atoms with van der Waals surface area (Å²) >= 11 is 0. The van der Waals surface area contributed by atoms with Gasteiger partial charge in [0.1, 0.15) is 12.7 Å². The van der Waals surface area contributed by atoms with Gasteiger partial charge in [0.15, 0.2) is 0 Å². The minimum Gasteiger partial charge on any atom is -0.462 e. The van der Waals surface area contributed by atoms with Gasteiger partial charge in [-0.2, -0.15) is 8.42 Å². The van der Waals surface area contributed by atoms with E-state index in [1.165, 1.54) is 0 Å². The summed E-state index contributed by atoms with van der Waals surface area (Å²) in [5.74, 6) is -0.373. The van der Waals surface area contributed by atoms with Crippen LogP contribution in [0.2, 0.25) is 0 Å². The van der Waals surface area contributed by atoms with Gasteiger partial charge in [0.05, 0.1) is 0 Å². The summed E-state index contributed by atoms with van der Waals surface area (Å²) < 4.78 is 32.0. The molecule has 7 heteroatoms. The van der Waals surface area contributed by atoms with Crippen LogP contribution in [0.3, 0.4) is 0 Å². The van der Waals surface area contributed by atoms with Gasteiger partial charge < -0.3 is 4.74 Å². The summed E-state index contributed by atoms with van der Waals surface area (Å²) in [6.45, 7) is 1.85. The van der Waals surface area contributed by atoms with Crippen molar-refractivity contribution < 1.29 is 22.1 Å². The molecule has 1 atom stereocenters. The maximum atomic E-state index is 11.6. The van der Waals surface area contributed by atoms with E-state index in [1.807, 2.05) is 6.92 Å². The fourth-order valence-electron chi connectivity index (χ4n) is 1.77. The highest BCUT2D eigenvalue weighted by Gasteiger charge is 2.20. The first-order valence-corrected chi connectivity index (χ1v) is 8.31.